The van der Waals surface area contributed by atoms with Crippen LogP contribution in [0.15, 0.2) is 0 Å². The van der Waals surface area contributed by atoms with Crippen LogP contribution in [0, 0.1) is 11.8 Å². The van der Waals surface area contributed by atoms with Gasteiger partial charge in [-0.3, -0.25) is 0 Å². The molecule has 0 amide bonds. The predicted molar refractivity (Wildman–Crippen MR) is 47.5 cm³/mol. The maximum absolute atomic E-state index is 3.62. The van der Waals surface area contributed by atoms with Gasteiger partial charge in [-0.2, -0.15) is 0 Å². The van der Waals surface area contributed by atoms with E-state index in [2.05, 4.69) is 12.2 Å². The van der Waals surface area contributed by atoms with E-state index in [1.165, 1.54) is 38.6 Å². The van der Waals surface area contributed by atoms with Crippen molar-refractivity contribution in [1.29, 1.82) is 0 Å². The number of rotatable bonds is 2. The molecule has 1 heteroatoms. The van der Waals surface area contributed by atoms with Crippen molar-refractivity contribution in [1.82, 2.24) is 5.32 Å². The van der Waals surface area contributed by atoms with Crippen molar-refractivity contribution in [2.24, 2.45) is 11.8 Å². The summed E-state index contributed by atoms with van der Waals surface area (Å²) in [6.07, 6.45) is 7.29. The normalized spacial score (nSPS) is 39.0. The molecule has 2 rings (SSSR count). The van der Waals surface area contributed by atoms with E-state index in [-0.39, 0.29) is 0 Å². The first-order valence-corrected chi connectivity index (χ1v) is 5.08. The molecule has 0 spiro atoms. The Kier molecular flexibility index (Phi) is 2.17. The summed E-state index contributed by atoms with van der Waals surface area (Å²) in [5, 5.41) is 3.62. The topological polar surface area (TPSA) is 12.0 Å². The molecule has 1 saturated carbocycles. The van der Waals surface area contributed by atoms with Gasteiger partial charge < -0.3 is 5.32 Å². The lowest BCUT2D eigenvalue weighted by atomic mass is 9.91. The molecular weight excluding hydrogens is 134 g/mol. The molecule has 2 atom stereocenters. The second kappa shape index (κ2) is 3.14. The van der Waals surface area contributed by atoms with Crippen LogP contribution >= 0.6 is 0 Å². The Labute approximate surface area is 69.6 Å². The Morgan fingerprint density at radius 3 is 2.73 bits per heavy atom. The average Bonchev–Trinajstić information content (AvgIpc) is 2.71. The third-order valence-corrected chi connectivity index (χ3v) is 3.07. The Balaban J connectivity index is 1.73. The summed E-state index contributed by atoms with van der Waals surface area (Å²) in [7, 11) is 0. The van der Waals surface area contributed by atoms with Crippen LogP contribution in [0.2, 0.25) is 0 Å². The van der Waals surface area contributed by atoms with Crippen LogP contribution in [0.5, 0.6) is 0 Å². The van der Waals surface area contributed by atoms with E-state index in [0.717, 1.165) is 17.9 Å². The van der Waals surface area contributed by atoms with E-state index in [1.807, 2.05) is 0 Å². The summed E-state index contributed by atoms with van der Waals surface area (Å²) >= 11 is 0. The first kappa shape index (κ1) is 7.60. The van der Waals surface area contributed by atoms with Crippen molar-refractivity contribution in [3.05, 3.63) is 0 Å². The summed E-state index contributed by atoms with van der Waals surface area (Å²) in [5.74, 6) is 2.07. The molecule has 2 aliphatic rings. The minimum absolute atomic E-state index is 0.867. The molecular formula is C10H19N. The minimum atomic E-state index is 0.867. The maximum Gasteiger partial charge on any atom is 0.00722 e. The highest BCUT2D eigenvalue weighted by Crippen LogP contribution is 2.35. The minimum Gasteiger partial charge on any atom is -0.314 e. The number of nitrogens with one attached hydrogen (secondary N) is 1. The van der Waals surface area contributed by atoms with Gasteiger partial charge in [0.2, 0.25) is 0 Å². The molecule has 1 saturated heterocycles. The second-order valence-electron chi connectivity index (χ2n) is 4.46. The van der Waals surface area contributed by atoms with Gasteiger partial charge in [-0.15, -0.1) is 0 Å². The molecule has 1 heterocycles. The smallest absolute Gasteiger partial charge is 0.00722 e. The molecule has 2 unspecified atom stereocenters. The lowest BCUT2D eigenvalue weighted by Gasteiger charge is -2.28. The van der Waals surface area contributed by atoms with E-state index < -0.39 is 0 Å². The maximum atomic E-state index is 3.62. The zero-order valence-electron chi connectivity index (χ0n) is 7.47. The van der Waals surface area contributed by atoms with Crippen molar-refractivity contribution >= 4 is 0 Å². The van der Waals surface area contributed by atoms with Gasteiger partial charge in [0.15, 0.2) is 0 Å². The molecule has 0 aromatic carbocycles. The third-order valence-electron chi connectivity index (χ3n) is 3.07. The molecule has 2 fully saturated rings. The molecule has 0 aromatic rings. The summed E-state index contributed by atoms with van der Waals surface area (Å²) in [4.78, 5) is 0. The van der Waals surface area contributed by atoms with Crippen LogP contribution in [0.4, 0.5) is 0 Å². The zero-order chi connectivity index (χ0) is 7.68. The standard InChI is InChI=1S/C10H19N/c1-8-4-5-11-10(6-8)7-9-2-3-9/h8-11H,2-7H2,1H3. The van der Waals surface area contributed by atoms with E-state index >= 15 is 0 Å². The van der Waals surface area contributed by atoms with Crippen LogP contribution in [0.1, 0.15) is 39.0 Å². The fourth-order valence-electron chi connectivity index (χ4n) is 2.16. The van der Waals surface area contributed by atoms with Crippen molar-refractivity contribution < 1.29 is 0 Å². The predicted octanol–water partition coefficient (Wildman–Crippen LogP) is 2.17. The zero-order valence-corrected chi connectivity index (χ0v) is 7.47. The Morgan fingerprint density at radius 1 is 1.27 bits per heavy atom. The van der Waals surface area contributed by atoms with Crippen molar-refractivity contribution in [2.45, 2.75) is 45.1 Å². The monoisotopic (exact) mass is 153 g/mol. The van der Waals surface area contributed by atoms with Gasteiger partial charge in [0.1, 0.15) is 0 Å². The van der Waals surface area contributed by atoms with Gasteiger partial charge in [-0.05, 0) is 37.6 Å². The molecule has 0 bridgehead atoms. The van der Waals surface area contributed by atoms with Gasteiger partial charge >= 0.3 is 0 Å². The van der Waals surface area contributed by atoms with Gasteiger partial charge in [0.25, 0.3) is 0 Å². The molecule has 11 heavy (non-hydrogen) atoms. The molecule has 1 aliphatic heterocycles. The van der Waals surface area contributed by atoms with Gasteiger partial charge in [-0.1, -0.05) is 19.8 Å². The Bertz CT molecular complexity index is 127. The van der Waals surface area contributed by atoms with E-state index in [1.54, 1.807) is 0 Å². The van der Waals surface area contributed by atoms with E-state index in [0.29, 0.717) is 0 Å². The molecule has 64 valence electrons. The fraction of sp³-hybridized carbons (Fsp3) is 1.00. The first-order chi connectivity index (χ1) is 5.34. The van der Waals surface area contributed by atoms with Crippen LogP contribution in [-0.4, -0.2) is 12.6 Å². The van der Waals surface area contributed by atoms with Crippen molar-refractivity contribution in [2.75, 3.05) is 6.54 Å². The van der Waals surface area contributed by atoms with E-state index in [4.69, 9.17) is 0 Å². The van der Waals surface area contributed by atoms with Crippen LogP contribution in [0.3, 0.4) is 0 Å². The number of hydrogen-bond acceptors (Lipinski definition) is 1. The summed E-state index contributed by atoms with van der Waals surface area (Å²) in [6, 6.07) is 0.867. The molecule has 1 aliphatic carbocycles. The largest absolute Gasteiger partial charge is 0.314 e. The highest BCUT2D eigenvalue weighted by atomic mass is 14.9. The lowest BCUT2D eigenvalue weighted by molar-refractivity contribution is 0.300. The molecule has 0 radical (unpaired) electrons. The average molecular weight is 153 g/mol. The van der Waals surface area contributed by atoms with Gasteiger partial charge in [0, 0.05) is 6.04 Å². The first-order valence-electron chi connectivity index (χ1n) is 5.08. The summed E-state index contributed by atoms with van der Waals surface area (Å²) in [5.41, 5.74) is 0. The molecule has 1 nitrogen and oxygen atoms in total. The van der Waals surface area contributed by atoms with Gasteiger partial charge in [0.05, 0.1) is 0 Å². The van der Waals surface area contributed by atoms with Crippen LogP contribution < -0.4 is 5.32 Å². The molecule has 1 N–H and O–H groups in total. The Morgan fingerprint density at radius 2 is 2.09 bits per heavy atom. The quantitative estimate of drug-likeness (QED) is 0.641. The summed E-state index contributed by atoms with van der Waals surface area (Å²) in [6.45, 7) is 3.65. The highest BCUT2D eigenvalue weighted by Gasteiger charge is 2.27. The van der Waals surface area contributed by atoms with Crippen molar-refractivity contribution in [3.63, 3.8) is 0 Å². The second-order valence-corrected chi connectivity index (χ2v) is 4.46. The lowest BCUT2D eigenvalue weighted by Crippen LogP contribution is -2.37. The summed E-state index contributed by atoms with van der Waals surface area (Å²) < 4.78 is 0. The SMILES string of the molecule is CC1CCNC(CC2CC2)C1. The van der Waals surface area contributed by atoms with Crippen molar-refractivity contribution in [3.8, 4) is 0 Å². The number of piperidine rings is 1. The molecule has 0 aromatic heterocycles. The Hall–Kier alpha value is -0.0400. The van der Waals surface area contributed by atoms with Crippen LogP contribution in [-0.2, 0) is 0 Å². The highest BCUT2D eigenvalue weighted by molar-refractivity contribution is 4.83. The van der Waals surface area contributed by atoms with E-state index in [9.17, 15) is 0 Å². The third kappa shape index (κ3) is 2.19. The van der Waals surface area contributed by atoms with Crippen LogP contribution in [0.25, 0.3) is 0 Å². The fourth-order valence-corrected chi connectivity index (χ4v) is 2.16. The van der Waals surface area contributed by atoms with Gasteiger partial charge in [-0.25, -0.2) is 0 Å². The number of hydrogen-bond donors (Lipinski definition) is 1.